The number of aryl methyl sites for hydroxylation is 1. The second-order valence-corrected chi connectivity index (χ2v) is 10.2. The molecular formula is C30H33N3O4. The van der Waals surface area contributed by atoms with E-state index in [0.29, 0.717) is 17.9 Å². The van der Waals surface area contributed by atoms with Crippen LogP contribution in [0.1, 0.15) is 51.9 Å². The Morgan fingerprint density at radius 1 is 1.03 bits per heavy atom. The molecule has 7 nitrogen and oxygen atoms in total. The van der Waals surface area contributed by atoms with Crippen LogP contribution in [0.3, 0.4) is 0 Å². The van der Waals surface area contributed by atoms with Crippen molar-refractivity contribution in [2.75, 3.05) is 5.32 Å². The van der Waals surface area contributed by atoms with Crippen molar-refractivity contribution in [2.45, 2.75) is 53.5 Å². The van der Waals surface area contributed by atoms with E-state index in [4.69, 9.17) is 14.8 Å². The predicted molar refractivity (Wildman–Crippen MR) is 146 cm³/mol. The van der Waals surface area contributed by atoms with Gasteiger partial charge in [0.1, 0.15) is 11.6 Å². The smallest absolute Gasteiger partial charge is 0.449 e. The van der Waals surface area contributed by atoms with Gasteiger partial charge >= 0.3 is 6.16 Å². The Bertz CT molecular complexity index is 1420. The highest BCUT2D eigenvalue weighted by atomic mass is 16.7. The first kappa shape index (κ1) is 25.9. The molecule has 4 aromatic rings. The van der Waals surface area contributed by atoms with E-state index in [0.717, 1.165) is 52.9 Å². The van der Waals surface area contributed by atoms with Gasteiger partial charge in [0.2, 0.25) is 5.91 Å². The fraction of sp³-hybridized carbons (Fsp3) is 0.300. The highest BCUT2D eigenvalue weighted by molar-refractivity contribution is 5.96. The van der Waals surface area contributed by atoms with Crippen molar-refractivity contribution in [3.63, 3.8) is 0 Å². The first-order valence-electron chi connectivity index (χ1n) is 12.6. The number of hydrogen-bond donors (Lipinski definition) is 2. The number of hydrogen-bond acceptors (Lipinski definition) is 4. The minimum absolute atomic E-state index is 0.0353. The van der Waals surface area contributed by atoms with Crippen molar-refractivity contribution in [3.05, 3.63) is 78.1 Å². The number of imidazole rings is 1. The summed E-state index contributed by atoms with van der Waals surface area (Å²) < 4.78 is 7.17. The number of rotatable bonds is 8. The van der Waals surface area contributed by atoms with Gasteiger partial charge in [-0.05, 0) is 41.8 Å². The molecule has 1 heterocycles. The summed E-state index contributed by atoms with van der Waals surface area (Å²) in [5.41, 5.74) is 4.81. The van der Waals surface area contributed by atoms with Crippen LogP contribution in [0.4, 0.5) is 10.5 Å². The van der Waals surface area contributed by atoms with Crippen molar-refractivity contribution in [1.29, 1.82) is 0 Å². The number of amides is 1. The van der Waals surface area contributed by atoms with Gasteiger partial charge in [0.05, 0.1) is 11.0 Å². The first-order chi connectivity index (χ1) is 17.7. The lowest BCUT2D eigenvalue weighted by Crippen LogP contribution is -2.27. The van der Waals surface area contributed by atoms with Gasteiger partial charge in [0.25, 0.3) is 0 Å². The van der Waals surface area contributed by atoms with Gasteiger partial charge in [0, 0.05) is 29.6 Å². The average molecular weight is 500 g/mol. The Kier molecular flexibility index (Phi) is 7.62. The molecule has 1 amide bonds. The van der Waals surface area contributed by atoms with E-state index < -0.39 is 11.6 Å². The van der Waals surface area contributed by atoms with Gasteiger partial charge < -0.3 is 19.7 Å². The molecule has 0 unspecified atom stereocenters. The van der Waals surface area contributed by atoms with E-state index in [1.54, 1.807) is 12.1 Å². The molecule has 4 rings (SSSR count). The van der Waals surface area contributed by atoms with Gasteiger partial charge in [-0.1, -0.05) is 76.6 Å². The number of carbonyl (C=O) groups excluding carboxylic acids is 1. The minimum Gasteiger partial charge on any atom is -0.449 e. The predicted octanol–water partition coefficient (Wildman–Crippen LogP) is 7.14. The average Bonchev–Trinajstić information content (AvgIpc) is 3.19. The number of ether oxygens (including phenoxy) is 1. The fourth-order valence-electron chi connectivity index (χ4n) is 4.13. The zero-order valence-electron chi connectivity index (χ0n) is 21.7. The normalized spacial score (nSPS) is 11.5. The maximum Gasteiger partial charge on any atom is 0.511 e. The molecule has 37 heavy (non-hydrogen) atoms. The molecule has 3 aromatic carbocycles. The zero-order valence-corrected chi connectivity index (χ0v) is 21.7. The first-order valence-corrected chi connectivity index (χ1v) is 12.6. The molecule has 7 heteroatoms. The molecule has 0 atom stereocenters. The van der Waals surface area contributed by atoms with Crippen LogP contribution in [0.25, 0.3) is 22.2 Å². The van der Waals surface area contributed by atoms with Crippen molar-refractivity contribution in [3.8, 4) is 16.9 Å². The van der Waals surface area contributed by atoms with Crippen molar-refractivity contribution in [2.24, 2.45) is 5.41 Å². The molecule has 1 aromatic heterocycles. The highest BCUT2D eigenvalue weighted by Gasteiger charge is 2.22. The summed E-state index contributed by atoms with van der Waals surface area (Å²) in [6.07, 6.45) is 1.64. The van der Waals surface area contributed by atoms with Crippen LogP contribution in [-0.2, 0) is 17.8 Å². The van der Waals surface area contributed by atoms with Gasteiger partial charge in [-0.3, -0.25) is 4.79 Å². The molecule has 0 saturated carbocycles. The quantitative estimate of drug-likeness (QED) is 0.199. The number of nitrogens with zero attached hydrogens (tertiary/aromatic N) is 2. The van der Waals surface area contributed by atoms with E-state index in [2.05, 4.69) is 16.8 Å². The molecular weight excluding hydrogens is 466 g/mol. The van der Waals surface area contributed by atoms with E-state index >= 15 is 0 Å². The number of benzene rings is 3. The van der Waals surface area contributed by atoms with E-state index in [1.165, 1.54) is 0 Å². The molecule has 0 fully saturated rings. The number of carboxylic acid groups (broad SMARTS) is 1. The number of unbranched alkanes of at least 4 members (excludes halogenated alkanes) is 1. The molecule has 2 N–H and O–H groups in total. The van der Waals surface area contributed by atoms with E-state index in [9.17, 15) is 9.59 Å². The van der Waals surface area contributed by atoms with E-state index in [-0.39, 0.29) is 5.91 Å². The van der Waals surface area contributed by atoms with Crippen LogP contribution < -0.4 is 10.1 Å². The SMILES string of the molecule is CCCCc1nc2ccc(NC(=O)C(C)(C)C)cc2n1Cc1ccc(-c2ccccc2OC(=O)O)cc1. The second kappa shape index (κ2) is 10.9. The van der Waals surface area contributed by atoms with Crippen LogP contribution in [0.5, 0.6) is 5.75 Å². The van der Waals surface area contributed by atoms with Crippen LogP contribution in [-0.4, -0.2) is 26.7 Å². The van der Waals surface area contributed by atoms with Gasteiger partial charge in [-0.25, -0.2) is 9.78 Å². The zero-order chi connectivity index (χ0) is 26.6. The summed E-state index contributed by atoms with van der Waals surface area (Å²) in [4.78, 5) is 28.5. The monoisotopic (exact) mass is 499 g/mol. The maximum absolute atomic E-state index is 12.5. The molecule has 0 saturated heterocycles. The van der Waals surface area contributed by atoms with Crippen molar-refractivity contribution >= 4 is 28.8 Å². The van der Waals surface area contributed by atoms with Crippen molar-refractivity contribution < 1.29 is 19.4 Å². The van der Waals surface area contributed by atoms with Crippen molar-refractivity contribution in [1.82, 2.24) is 9.55 Å². The Hall–Kier alpha value is -4.13. The number of nitrogens with one attached hydrogen (secondary N) is 1. The van der Waals surface area contributed by atoms with E-state index in [1.807, 2.05) is 75.4 Å². The third kappa shape index (κ3) is 6.17. The molecule has 192 valence electrons. The highest BCUT2D eigenvalue weighted by Crippen LogP contribution is 2.31. The number of aromatic nitrogens is 2. The van der Waals surface area contributed by atoms with Crippen LogP contribution in [0.2, 0.25) is 0 Å². The summed E-state index contributed by atoms with van der Waals surface area (Å²) in [6, 6.07) is 21.0. The number of para-hydroxylation sites is 1. The molecule has 0 aliphatic heterocycles. The Morgan fingerprint density at radius 3 is 2.43 bits per heavy atom. The summed E-state index contributed by atoms with van der Waals surface area (Å²) in [5.74, 6) is 1.28. The minimum atomic E-state index is -1.34. The van der Waals surface area contributed by atoms with Crippen LogP contribution in [0, 0.1) is 5.41 Å². The summed E-state index contributed by atoms with van der Waals surface area (Å²) in [6.45, 7) is 8.47. The summed E-state index contributed by atoms with van der Waals surface area (Å²) in [5, 5.41) is 12.1. The molecule has 0 bridgehead atoms. The van der Waals surface area contributed by atoms with Gasteiger partial charge in [-0.2, -0.15) is 0 Å². The molecule has 0 spiro atoms. The standard InChI is InChI=1S/C30H33N3O4/c1-5-6-11-27-32-24-17-16-22(31-28(34)30(2,3)4)18-25(24)33(27)19-20-12-14-21(15-13-20)23-9-7-8-10-26(23)37-29(35)36/h7-10,12-18H,5-6,11,19H2,1-4H3,(H,31,34)(H,35,36). The second-order valence-electron chi connectivity index (χ2n) is 10.2. The lowest BCUT2D eigenvalue weighted by Gasteiger charge is -2.18. The lowest BCUT2D eigenvalue weighted by atomic mass is 9.95. The molecule has 0 radical (unpaired) electrons. The Morgan fingerprint density at radius 2 is 1.76 bits per heavy atom. The number of anilines is 1. The largest absolute Gasteiger partial charge is 0.511 e. The van der Waals surface area contributed by atoms with Crippen LogP contribution in [0.15, 0.2) is 66.7 Å². The third-order valence-electron chi connectivity index (χ3n) is 6.21. The number of carbonyl (C=O) groups is 2. The van der Waals surface area contributed by atoms with Gasteiger partial charge in [0.15, 0.2) is 0 Å². The molecule has 0 aliphatic carbocycles. The summed E-state index contributed by atoms with van der Waals surface area (Å²) in [7, 11) is 0. The molecule has 0 aliphatic rings. The maximum atomic E-state index is 12.5. The fourth-order valence-corrected chi connectivity index (χ4v) is 4.13. The topological polar surface area (TPSA) is 93.5 Å². The van der Waals surface area contributed by atoms with Crippen LogP contribution >= 0.6 is 0 Å². The Balaban J connectivity index is 1.66. The third-order valence-corrected chi connectivity index (χ3v) is 6.21. The summed E-state index contributed by atoms with van der Waals surface area (Å²) >= 11 is 0. The van der Waals surface area contributed by atoms with Gasteiger partial charge in [-0.15, -0.1) is 0 Å². The number of fused-ring (bicyclic) bond motifs is 1. The lowest BCUT2D eigenvalue weighted by molar-refractivity contribution is -0.123. The Labute approximate surface area is 217 Å².